The van der Waals surface area contributed by atoms with Crippen molar-refractivity contribution in [3.8, 4) is 28.4 Å². The molecule has 8 heteroatoms. The minimum absolute atomic E-state index is 0.119. The lowest BCUT2D eigenvalue weighted by atomic mass is 9.86. The molecular formula is C34H37N3O5. The molecule has 218 valence electrons. The number of rotatable bonds is 9. The molecule has 0 radical (unpaired) electrons. The summed E-state index contributed by atoms with van der Waals surface area (Å²) in [5, 5.41) is 5.90. The second kappa shape index (κ2) is 12.8. The minimum Gasteiger partial charge on any atom is -0.497 e. The summed E-state index contributed by atoms with van der Waals surface area (Å²) in [4.78, 5) is 30.6. The Bertz CT molecular complexity index is 1570. The number of methoxy groups -OCH3 is 3. The molecule has 0 aliphatic carbocycles. The summed E-state index contributed by atoms with van der Waals surface area (Å²) in [7, 11) is 4.72. The first-order valence-corrected chi connectivity index (χ1v) is 13.6. The van der Waals surface area contributed by atoms with Gasteiger partial charge in [0.05, 0.1) is 38.8 Å². The van der Waals surface area contributed by atoms with Gasteiger partial charge in [0.25, 0.3) is 11.8 Å². The standard InChI is InChI=1S/C34H37N3O5/c1-21-29(17-26(20-35-21)37-33(39)30-16-25(34(2,3)4)12-13-31(30)42-7)23-8-10-24(11-9-23)32(38)36-19-22-14-27(40-5)18-28(15-22)41-6/h8-18,20H,19H2,1-7H3,(H,36,38)(H,37,39). The van der Waals surface area contributed by atoms with Crippen LogP contribution in [-0.4, -0.2) is 38.1 Å². The van der Waals surface area contributed by atoms with Crippen LogP contribution in [0.15, 0.2) is 72.9 Å². The van der Waals surface area contributed by atoms with Crippen LogP contribution in [0.3, 0.4) is 0 Å². The topological polar surface area (TPSA) is 98.8 Å². The Balaban J connectivity index is 1.49. The molecule has 0 spiro atoms. The number of nitrogens with one attached hydrogen (secondary N) is 2. The Kier molecular flexibility index (Phi) is 9.15. The summed E-state index contributed by atoms with van der Waals surface area (Å²) in [6, 6.07) is 20.3. The van der Waals surface area contributed by atoms with E-state index in [1.165, 1.54) is 0 Å². The molecular weight excluding hydrogens is 530 g/mol. The van der Waals surface area contributed by atoms with Gasteiger partial charge in [-0.15, -0.1) is 0 Å². The zero-order chi connectivity index (χ0) is 30.4. The number of aromatic nitrogens is 1. The van der Waals surface area contributed by atoms with Gasteiger partial charge in [-0.3, -0.25) is 14.6 Å². The lowest BCUT2D eigenvalue weighted by molar-refractivity contribution is 0.0950. The van der Waals surface area contributed by atoms with E-state index in [0.717, 1.165) is 27.9 Å². The number of amides is 2. The lowest BCUT2D eigenvalue weighted by Gasteiger charge is -2.21. The van der Waals surface area contributed by atoms with Crippen molar-refractivity contribution in [2.45, 2.75) is 39.7 Å². The predicted octanol–water partition coefficient (Wildman–Crippen LogP) is 6.56. The third-order valence-electron chi connectivity index (χ3n) is 6.98. The Labute approximate surface area is 247 Å². The quantitative estimate of drug-likeness (QED) is 0.238. The van der Waals surface area contributed by atoms with Crippen molar-refractivity contribution in [2.24, 2.45) is 0 Å². The normalized spacial score (nSPS) is 11.0. The fourth-order valence-corrected chi connectivity index (χ4v) is 4.50. The summed E-state index contributed by atoms with van der Waals surface area (Å²) in [5.74, 6) is 1.33. The maximum atomic E-state index is 13.3. The number of ether oxygens (including phenoxy) is 3. The van der Waals surface area contributed by atoms with E-state index in [9.17, 15) is 9.59 Å². The van der Waals surface area contributed by atoms with Gasteiger partial charge in [0.1, 0.15) is 17.2 Å². The number of aryl methyl sites for hydroxylation is 1. The molecule has 0 aliphatic heterocycles. The molecule has 0 aliphatic rings. The van der Waals surface area contributed by atoms with Crippen LogP contribution in [-0.2, 0) is 12.0 Å². The van der Waals surface area contributed by atoms with Gasteiger partial charge in [0.2, 0.25) is 0 Å². The molecule has 1 heterocycles. The summed E-state index contributed by atoms with van der Waals surface area (Å²) in [5.41, 5.74) is 5.82. The van der Waals surface area contributed by atoms with Crippen LogP contribution < -0.4 is 24.8 Å². The first-order valence-electron chi connectivity index (χ1n) is 13.6. The second-order valence-corrected chi connectivity index (χ2v) is 11.0. The van der Waals surface area contributed by atoms with Crippen molar-refractivity contribution in [3.05, 3.63) is 101 Å². The number of anilines is 1. The highest BCUT2D eigenvalue weighted by molar-refractivity contribution is 6.06. The molecule has 1 aromatic heterocycles. The van der Waals surface area contributed by atoms with Gasteiger partial charge < -0.3 is 24.8 Å². The molecule has 2 N–H and O–H groups in total. The number of carbonyl (C=O) groups is 2. The molecule has 8 nitrogen and oxygen atoms in total. The van der Waals surface area contributed by atoms with Crippen LogP contribution in [0.4, 0.5) is 5.69 Å². The van der Waals surface area contributed by atoms with Crippen molar-refractivity contribution >= 4 is 17.5 Å². The van der Waals surface area contributed by atoms with Crippen LogP contribution in [0, 0.1) is 6.92 Å². The number of hydrogen-bond acceptors (Lipinski definition) is 6. The SMILES string of the molecule is COc1cc(CNC(=O)c2ccc(-c3cc(NC(=O)c4cc(C(C)(C)C)ccc4OC)cnc3C)cc2)cc(OC)c1. The molecule has 2 amide bonds. The van der Waals surface area contributed by atoms with Gasteiger partial charge in [-0.2, -0.15) is 0 Å². The van der Waals surface area contributed by atoms with Gasteiger partial charge in [-0.25, -0.2) is 0 Å². The molecule has 4 rings (SSSR count). The summed E-state index contributed by atoms with van der Waals surface area (Å²) >= 11 is 0. The molecule has 0 saturated heterocycles. The number of hydrogen-bond donors (Lipinski definition) is 2. The Morgan fingerprint density at radius 3 is 2.07 bits per heavy atom. The van der Waals surface area contributed by atoms with E-state index in [2.05, 4.69) is 36.4 Å². The van der Waals surface area contributed by atoms with E-state index in [1.54, 1.807) is 45.7 Å². The predicted molar refractivity (Wildman–Crippen MR) is 165 cm³/mol. The monoisotopic (exact) mass is 567 g/mol. The number of pyridine rings is 1. The van der Waals surface area contributed by atoms with Crippen molar-refractivity contribution in [3.63, 3.8) is 0 Å². The maximum Gasteiger partial charge on any atom is 0.259 e. The van der Waals surface area contributed by atoms with Gasteiger partial charge >= 0.3 is 0 Å². The fraction of sp³-hybridized carbons (Fsp3) is 0.265. The van der Waals surface area contributed by atoms with Crippen LogP contribution in [0.1, 0.15) is 58.3 Å². The van der Waals surface area contributed by atoms with Crippen molar-refractivity contribution < 1.29 is 23.8 Å². The average molecular weight is 568 g/mol. The van der Waals surface area contributed by atoms with Gasteiger partial charge in [0.15, 0.2) is 0 Å². The zero-order valence-corrected chi connectivity index (χ0v) is 25.1. The molecule has 0 bridgehead atoms. The Hall–Kier alpha value is -4.85. The van der Waals surface area contributed by atoms with Crippen LogP contribution in [0.5, 0.6) is 17.2 Å². The van der Waals surface area contributed by atoms with E-state index in [4.69, 9.17) is 14.2 Å². The smallest absolute Gasteiger partial charge is 0.259 e. The van der Waals surface area contributed by atoms with Crippen LogP contribution in [0.25, 0.3) is 11.1 Å². The van der Waals surface area contributed by atoms with Crippen molar-refractivity contribution in [1.82, 2.24) is 10.3 Å². The molecule has 42 heavy (non-hydrogen) atoms. The summed E-state index contributed by atoms with van der Waals surface area (Å²) in [6.45, 7) is 8.52. The fourth-order valence-electron chi connectivity index (χ4n) is 4.50. The molecule has 0 saturated carbocycles. The molecule has 3 aromatic carbocycles. The second-order valence-electron chi connectivity index (χ2n) is 11.0. The van der Waals surface area contributed by atoms with Gasteiger partial charge in [-0.05, 0) is 71.5 Å². The number of benzene rings is 3. The van der Waals surface area contributed by atoms with E-state index in [1.807, 2.05) is 55.5 Å². The highest BCUT2D eigenvalue weighted by Crippen LogP contribution is 2.30. The average Bonchev–Trinajstić information content (AvgIpc) is 2.99. The van der Waals surface area contributed by atoms with Crippen molar-refractivity contribution in [1.29, 1.82) is 0 Å². The highest BCUT2D eigenvalue weighted by Gasteiger charge is 2.20. The molecule has 0 unspecified atom stereocenters. The molecule has 4 aromatic rings. The Morgan fingerprint density at radius 1 is 0.810 bits per heavy atom. The minimum atomic E-state index is -0.282. The zero-order valence-electron chi connectivity index (χ0n) is 25.1. The van der Waals surface area contributed by atoms with E-state index < -0.39 is 0 Å². The lowest BCUT2D eigenvalue weighted by Crippen LogP contribution is -2.22. The van der Waals surface area contributed by atoms with Crippen LogP contribution in [0.2, 0.25) is 0 Å². The Morgan fingerprint density at radius 2 is 1.48 bits per heavy atom. The molecule has 0 atom stereocenters. The first kappa shape index (κ1) is 30.1. The van der Waals surface area contributed by atoms with E-state index in [0.29, 0.717) is 40.6 Å². The number of carbonyl (C=O) groups excluding carboxylic acids is 2. The van der Waals surface area contributed by atoms with E-state index in [-0.39, 0.29) is 17.2 Å². The van der Waals surface area contributed by atoms with Gasteiger partial charge in [-0.1, -0.05) is 39.0 Å². The number of nitrogens with zero attached hydrogens (tertiary/aromatic N) is 1. The first-order chi connectivity index (χ1) is 20.0. The largest absolute Gasteiger partial charge is 0.497 e. The highest BCUT2D eigenvalue weighted by atomic mass is 16.5. The van der Waals surface area contributed by atoms with Gasteiger partial charge in [0, 0.05) is 29.4 Å². The third-order valence-corrected chi connectivity index (χ3v) is 6.98. The van der Waals surface area contributed by atoms with E-state index >= 15 is 0 Å². The third kappa shape index (κ3) is 7.07. The molecule has 0 fully saturated rings. The van der Waals surface area contributed by atoms with Crippen molar-refractivity contribution in [2.75, 3.05) is 26.6 Å². The summed E-state index contributed by atoms with van der Waals surface area (Å²) < 4.78 is 16.1. The maximum absolute atomic E-state index is 13.3. The summed E-state index contributed by atoms with van der Waals surface area (Å²) in [6.07, 6.45) is 1.63. The van der Waals surface area contributed by atoms with Crippen LogP contribution >= 0.6 is 0 Å².